The number of hydrogen-bond acceptors (Lipinski definition) is 4. The van der Waals surface area contributed by atoms with Crippen LogP contribution in [0.2, 0.25) is 0 Å². The molecule has 2 heterocycles. The van der Waals surface area contributed by atoms with Crippen LogP contribution < -0.4 is 0 Å². The van der Waals surface area contributed by atoms with Crippen LogP contribution >= 0.6 is 0 Å². The molecule has 0 radical (unpaired) electrons. The third kappa shape index (κ3) is 3.31. The van der Waals surface area contributed by atoms with E-state index in [1.807, 2.05) is 0 Å². The number of rotatable bonds is 0. The lowest BCUT2D eigenvalue weighted by Gasteiger charge is -1.70. The molecule has 0 aliphatic carbocycles. The Morgan fingerprint density at radius 3 is 2.17 bits per heavy atom. The van der Waals surface area contributed by atoms with E-state index < -0.39 is 0 Å². The molecular weight excluding hydrogens is 156 g/mol. The summed E-state index contributed by atoms with van der Waals surface area (Å²) < 4.78 is 0. The van der Waals surface area contributed by atoms with Crippen molar-refractivity contribution in [3.63, 3.8) is 0 Å². The highest BCUT2D eigenvalue weighted by atomic mass is 16.3. The number of hydrogen-bond donors (Lipinski definition) is 2. The fourth-order valence-electron chi connectivity index (χ4n) is 0.497. The summed E-state index contributed by atoms with van der Waals surface area (Å²) in [6.07, 6.45) is 7.61. The van der Waals surface area contributed by atoms with E-state index in [1.54, 1.807) is 18.5 Å². The van der Waals surface area contributed by atoms with Gasteiger partial charge in [0.05, 0.1) is 12.4 Å². The average Bonchev–Trinajstić information content (AvgIpc) is 2.60. The molecule has 0 atom stereocenters. The monoisotopic (exact) mass is 164 g/mol. The van der Waals surface area contributed by atoms with Crippen molar-refractivity contribution < 1.29 is 5.11 Å². The Morgan fingerprint density at radius 1 is 1.25 bits per heavy atom. The number of H-pyrrole nitrogens is 1. The Hall–Kier alpha value is -1.91. The number of aromatic amines is 1. The molecule has 0 saturated carbocycles. The van der Waals surface area contributed by atoms with Crippen molar-refractivity contribution in [3.05, 3.63) is 37.2 Å². The fraction of sp³-hybridized carbons (Fsp3) is 0. The number of aromatic hydroxyl groups is 1. The van der Waals surface area contributed by atoms with Gasteiger partial charge in [-0.05, 0) is 6.07 Å². The van der Waals surface area contributed by atoms with E-state index in [1.165, 1.54) is 18.7 Å². The highest BCUT2D eigenvalue weighted by Gasteiger charge is 1.77. The summed E-state index contributed by atoms with van der Waals surface area (Å²) in [6, 6.07) is 1.78. The third-order valence-electron chi connectivity index (χ3n) is 0.961. The summed E-state index contributed by atoms with van der Waals surface area (Å²) in [7, 11) is 0. The molecule has 0 fully saturated rings. The van der Waals surface area contributed by atoms with E-state index in [0.717, 1.165) is 0 Å². The SMILES string of the molecule is Oc1cn[nH]c1.c1cncnc1. The smallest absolute Gasteiger partial charge is 0.153 e. The van der Waals surface area contributed by atoms with Crippen LogP contribution in [-0.4, -0.2) is 25.3 Å². The lowest BCUT2D eigenvalue weighted by molar-refractivity contribution is 0.475. The lowest BCUT2D eigenvalue weighted by atomic mass is 10.7. The summed E-state index contributed by atoms with van der Waals surface area (Å²) in [4.78, 5) is 7.35. The van der Waals surface area contributed by atoms with Gasteiger partial charge in [0, 0.05) is 12.4 Å². The van der Waals surface area contributed by atoms with E-state index in [9.17, 15) is 0 Å². The molecule has 2 rings (SSSR count). The zero-order valence-corrected chi connectivity index (χ0v) is 6.25. The predicted molar refractivity (Wildman–Crippen MR) is 42.3 cm³/mol. The Bertz CT molecular complexity index is 255. The van der Waals surface area contributed by atoms with Crippen LogP contribution in [0.3, 0.4) is 0 Å². The maximum absolute atomic E-state index is 8.38. The van der Waals surface area contributed by atoms with Crippen molar-refractivity contribution in [3.8, 4) is 5.75 Å². The molecule has 0 spiro atoms. The van der Waals surface area contributed by atoms with Gasteiger partial charge in [-0.1, -0.05) is 0 Å². The molecular formula is C7H8N4O. The topological polar surface area (TPSA) is 74.7 Å². The molecule has 2 N–H and O–H groups in total. The molecule has 62 valence electrons. The van der Waals surface area contributed by atoms with Gasteiger partial charge in [0.2, 0.25) is 0 Å². The van der Waals surface area contributed by atoms with Crippen molar-refractivity contribution in [1.29, 1.82) is 0 Å². The summed E-state index contributed by atoms with van der Waals surface area (Å²) in [5.74, 6) is 0.176. The largest absolute Gasteiger partial charge is 0.505 e. The van der Waals surface area contributed by atoms with Gasteiger partial charge in [0.25, 0.3) is 0 Å². The predicted octanol–water partition coefficient (Wildman–Crippen LogP) is 0.592. The summed E-state index contributed by atoms with van der Waals surface area (Å²) in [5, 5.41) is 14.3. The molecule has 0 aliphatic heterocycles. The van der Waals surface area contributed by atoms with Crippen molar-refractivity contribution in [2.24, 2.45) is 0 Å². The maximum atomic E-state index is 8.38. The van der Waals surface area contributed by atoms with E-state index in [0.29, 0.717) is 0 Å². The van der Waals surface area contributed by atoms with Crippen molar-refractivity contribution in [1.82, 2.24) is 20.2 Å². The van der Waals surface area contributed by atoms with Gasteiger partial charge in [-0.2, -0.15) is 5.10 Å². The Kier molecular flexibility index (Phi) is 3.30. The van der Waals surface area contributed by atoms with Crippen LogP contribution in [0.1, 0.15) is 0 Å². The summed E-state index contributed by atoms with van der Waals surface area (Å²) >= 11 is 0. The van der Waals surface area contributed by atoms with Gasteiger partial charge >= 0.3 is 0 Å². The van der Waals surface area contributed by atoms with E-state index in [4.69, 9.17) is 5.11 Å². The highest BCUT2D eigenvalue weighted by molar-refractivity contribution is 5.06. The van der Waals surface area contributed by atoms with Crippen LogP contribution in [0.4, 0.5) is 0 Å². The van der Waals surface area contributed by atoms with Crippen molar-refractivity contribution >= 4 is 0 Å². The Balaban J connectivity index is 0.000000120. The minimum absolute atomic E-state index is 0.176. The summed E-state index contributed by atoms with van der Waals surface area (Å²) in [6.45, 7) is 0. The second kappa shape index (κ2) is 4.84. The lowest BCUT2D eigenvalue weighted by Crippen LogP contribution is -1.66. The molecule has 0 saturated heterocycles. The molecule has 0 unspecified atom stereocenters. The number of nitrogens with zero attached hydrogens (tertiary/aromatic N) is 3. The number of nitrogens with one attached hydrogen (secondary N) is 1. The van der Waals surface area contributed by atoms with Crippen LogP contribution in [0.25, 0.3) is 0 Å². The van der Waals surface area contributed by atoms with Crippen molar-refractivity contribution in [2.75, 3.05) is 0 Å². The minimum atomic E-state index is 0.176. The zero-order valence-electron chi connectivity index (χ0n) is 6.25. The van der Waals surface area contributed by atoms with Crippen LogP contribution in [0.5, 0.6) is 5.75 Å². The molecule has 2 aromatic heterocycles. The average molecular weight is 164 g/mol. The van der Waals surface area contributed by atoms with E-state index in [2.05, 4.69) is 20.2 Å². The van der Waals surface area contributed by atoms with Gasteiger partial charge in [-0.25, -0.2) is 9.97 Å². The fourth-order valence-corrected chi connectivity index (χ4v) is 0.497. The van der Waals surface area contributed by atoms with E-state index in [-0.39, 0.29) is 5.75 Å². The van der Waals surface area contributed by atoms with Gasteiger partial charge < -0.3 is 5.11 Å². The third-order valence-corrected chi connectivity index (χ3v) is 0.961. The van der Waals surface area contributed by atoms with Crippen molar-refractivity contribution in [2.45, 2.75) is 0 Å². The van der Waals surface area contributed by atoms with Gasteiger partial charge in [0.15, 0.2) is 5.75 Å². The van der Waals surface area contributed by atoms with Gasteiger partial charge in [-0.15, -0.1) is 0 Å². The van der Waals surface area contributed by atoms with Crippen LogP contribution in [0.15, 0.2) is 37.2 Å². The molecule has 0 amide bonds. The first-order valence-corrected chi connectivity index (χ1v) is 3.27. The standard InChI is InChI=1S/C4H4N2.C3H4N2O/c1-2-5-4-6-3-1;6-3-1-4-5-2-3/h1-4H;1-2,6H,(H,4,5). The molecule has 12 heavy (non-hydrogen) atoms. The zero-order chi connectivity index (χ0) is 8.65. The highest BCUT2D eigenvalue weighted by Crippen LogP contribution is 1.97. The summed E-state index contributed by atoms with van der Waals surface area (Å²) in [5.41, 5.74) is 0. The maximum Gasteiger partial charge on any atom is 0.153 e. The molecule has 0 bridgehead atoms. The normalized spacial score (nSPS) is 8.33. The first-order chi connectivity index (χ1) is 5.89. The quantitative estimate of drug-likeness (QED) is 0.597. The molecule has 5 nitrogen and oxygen atoms in total. The first kappa shape index (κ1) is 8.19. The molecule has 0 aliphatic rings. The van der Waals surface area contributed by atoms with Crippen LogP contribution in [0, 0.1) is 0 Å². The molecule has 5 heteroatoms. The Labute approximate surface area is 69.1 Å². The molecule has 2 aromatic rings. The number of aromatic nitrogens is 4. The Morgan fingerprint density at radius 2 is 2.00 bits per heavy atom. The second-order valence-electron chi connectivity index (χ2n) is 1.86. The second-order valence-corrected chi connectivity index (χ2v) is 1.86. The van der Waals surface area contributed by atoms with Gasteiger partial charge in [-0.3, -0.25) is 5.10 Å². The van der Waals surface area contributed by atoms with Gasteiger partial charge in [0.1, 0.15) is 6.33 Å². The van der Waals surface area contributed by atoms with Crippen LogP contribution in [-0.2, 0) is 0 Å². The minimum Gasteiger partial charge on any atom is -0.505 e. The van der Waals surface area contributed by atoms with E-state index >= 15 is 0 Å². The first-order valence-electron chi connectivity index (χ1n) is 3.27. The molecule has 0 aromatic carbocycles.